The molecule has 2 aromatic carbocycles. The molecule has 1 N–H and O–H groups in total. The van der Waals surface area contributed by atoms with Crippen molar-refractivity contribution in [1.29, 1.82) is 0 Å². The second-order valence-corrected chi connectivity index (χ2v) is 7.96. The average molecular weight is 395 g/mol. The van der Waals surface area contributed by atoms with E-state index in [0.717, 1.165) is 5.56 Å². The number of ether oxygens (including phenoxy) is 4. The molecule has 0 saturated carbocycles. The molecular weight excluding hydrogens is 366 g/mol. The molecule has 2 aliphatic rings. The highest BCUT2D eigenvalue weighted by atomic mass is 16.8. The Morgan fingerprint density at radius 1 is 1.03 bits per heavy atom. The highest BCUT2D eigenvalue weighted by Crippen LogP contribution is 2.40. The zero-order valence-corrected chi connectivity index (χ0v) is 17.0. The predicted octanol–water partition coefficient (Wildman–Crippen LogP) is 3.79. The van der Waals surface area contributed by atoms with Gasteiger partial charge in [0, 0.05) is 6.54 Å². The molecule has 0 aliphatic carbocycles. The van der Waals surface area contributed by atoms with E-state index in [1.165, 1.54) is 5.56 Å². The fourth-order valence-electron chi connectivity index (χ4n) is 3.91. The quantitative estimate of drug-likeness (QED) is 0.689. The Balaban J connectivity index is 1.47. The molecule has 2 heterocycles. The summed E-state index contributed by atoms with van der Waals surface area (Å²) in [6.07, 6.45) is 0.620. The summed E-state index contributed by atoms with van der Waals surface area (Å²) in [7, 11) is 0. The van der Waals surface area contributed by atoms with Gasteiger partial charge < -0.3 is 24.3 Å². The van der Waals surface area contributed by atoms with Gasteiger partial charge in [0.05, 0.1) is 12.6 Å². The maximum atomic E-state index is 6.33. The Labute approximate surface area is 172 Å². The maximum absolute atomic E-state index is 6.33. The Kier molecular flexibility index (Phi) is 6.13. The SMILES string of the molecule is C=C[C@H](NCc1ccccc1)[C@@H]1O[C@@H]2OC(C)(C)O[C@@H]2[C@H]1OCc1ccccc1. The van der Waals surface area contributed by atoms with Crippen LogP contribution in [0.15, 0.2) is 73.3 Å². The van der Waals surface area contributed by atoms with Crippen molar-refractivity contribution in [2.75, 3.05) is 0 Å². The highest BCUT2D eigenvalue weighted by molar-refractivity contribution is 5.16. The van der Waals surface area contributed by atoms with Crippen LogP contribution in [0.3, 0.4) is 0 Å². The van der Waals surface area contributed by atoms with E-state index in [0.29, 0.717) is 13.2 Å². The molecule has 4 rings (SSSR count). The standard InChI is InChI=1S/C24H29NO4/c1-4-19(25-15-17-11-7-5-8-12-17)20-21(26-16-18-13-9-6-10-14-18)22-23(27-20)29-24(2,3)28-22/h4-14,19-23,25H,1,15-16H2,2-3H3/t19-,20-,21-,22+,23+/m0/s1. The maximum Gasteiger partial charge on any atom is 0.190 e. The number of hydrogen-bond donors (Lipinski definition) is 1. The topological polar surface area (TPSA) is 49.0 Å². The van der Waals surface area contributed by atoms with Gasteiger partial charge in [-0.15, -0.1) is 6.58 Å². The lowest BCUT2D eigenvalue weighted by molar-refractivity contribution is -0.221. The molecule has 0 radical (unpaired) electrons. The molecule has 0 spiro atoms. The van der Waals surface area contributed by atoms with Crippen molar-refractivity contribution in [3.8, 4) is 0 Å². The summed E-state index contributed by atoms with van der Waals surface area (Å²) >= 11 is 0. The van der Waals surface area contributed by atoms with Gasteiger partial charge in [-0.25, -0.2) is 0 Å². The van der Waals surface area contributed by atoms with Gasteiger partial charge in [0.25, 0.3) is 0 Å². The van der Waals surface area contributed by atoms with Crippen LogP contribution in [0.25, 0.3) is 0 Å². The van der Waals surface area contributed by atoms with Crippen molar-refractivity contribution in [3.63, 3.8) is 0 Å². The Morgan fingerprint density at radius 2 is 1.69 bits per heavy atom. The van der Waals surface area contributed by atoms with Crippen molar-refractivity contribution < 1.29 is 18.9 Å². The molecule has 0 bridgehead atoms. The van der Waals surface area contributed by atoms with Crippen LogP contribution in [0, 0.1) is 0 Å². The van der Waals surface area contributed by atoms with E-state index in [2.05, 4.69) is 36.2 Å². The fourth-order valence-corrected chi connectivity index (χ4v) is 3.91. The Bertz CT molecular complexity index is 795. The summed E-state index contributed by atoms with van der Waals surface area (Å²) in [4.78, 5) is 0. The first-order valence-corrected chi connectivity index (χ1v) is 10.1. The van der Waals surface area contributed by atoms with Crippen LogP contribution in [-0.4, -0.2) is 36.4 Å². The van der Waals surface area contributed by atoms with Crippen molar-refractivity contribution >= 4 is 0 Å². The monoisotopic (exact) mass is 395 g/mol. The first-order chi connectivity index (χ1) is 14.1. The van der Waals surface area contributed by atoms with Crippen molar-refractivity contribution in [2.24, 2.45) is 0 Å². The number of nitrogens with one attached hydrogen (secondary N) is 1. The first-order valence-electron chi connectivity index (χ1n) is 10.1. The molecule has 0 amide bonds. The van der Waals surface area contributed by atoms with Crippen molar-refractivity contribution in [2.45, 2.75) is 63.4 Å². The number of hydrogen-bond acceptors (Lipinski definition) is 5. The van der Waals surface area contributed by atoms with E-state index in [4.69, 9.17) is 18.9 Å². The zero-order chi connectivity index (χ0) is 20.3. The molecule has 2 aromatic rings. The normalized spacial score (nSPS) is 28.8. The molecule has 0 unspecified atom stereocenters. The van der Waals surface area contributed by atoms with Crippen molar-refractivity contribution in [1.82, 2.24) is 5.32 Å². The smallest absolute Gasteiger partial charge is 0.190 e. The second-order valence-electron chi connectivity index (χ2n) is 7.96. The van der Waals surface area contributed by atoms with Gasteiger partial charge >= 0.3 is 0 Å². The van der Waals surface area contributed by atoms with Crippen LogP contribution in [0.4, 0.5) is 0 Å². The van der Waals surface area contributed by atoms with Crippen LogP contribution in [0.1, 0.15) is 25.0 Å². The lowest BCUT2D eigenvalue weighted by Crippen LogP contribution is -2.47. The van der Waals surface area contributed by atoms with Crippen LogP contribution >= 0.6 is 0 Å². The van der Waals surface area contributed by atoms with Crippen molar-refractivity contribution in [3.05, 3.63) is 84.4 Å². The molecular formula is C24H29NO4. The third-order valence-corrected chi connectivity index (χ3v) is 5.30. The molecule has 2 aliphatic heterocycles. The zero-order valence-electron chi connectivity index (χ0n) is 17.0. The van der Waals surface area contributed by atoms with Gasteiger partial charge in [0.2, 0.25) is 0 Å². The number of rotatable bonds is 8. The molecule has 2 saturated heterocycles. The summed E-state index contributed by atoms with van der Waals surface area (Å²) in [5.41, 5.74) is 2.31. The Morgan fingerprint density at radius 3 is 2.34 bits per heavy atom. The molecule has 5 heteroatoms. The van der Waals surface area contributed by atoms with Gasteiger partial charge in [-0.1, -0.05) is 66.7 Å². The fraction of sp³-hybridized carbons (Fsp3) is 0.417. The molecule has 5 nitrogen and oxygen atoms in total. The van der Waals surface area contributed by atoms with Crippen LogP contribution in [0.5, 0.6) is 0 Å². The lowest BCUT2D eigenvalue weighted by Gasteiger charge is -2.30. The third kappa shape index (κ3) is 4.77. The highest BCUT2D eigenvalue weighted by Gasteiger charge is 2.56. The summed E-state index contributed by atoms with van der Waals surface area (Å²) in [6.45, 7) is 9.01. The summed E-state index contributed by atoms with van der Waals surface area (Å²) in [5.74, 6) is -0.685. The van der Waals surface area contributed by atoms with E-state index in [1.54, 1.807) is 0 Å². The van der Waals surface area contributed by atoms with Gasteiger partial charge in [-0.2, -0.15) is 0 Å². The van der Waals surface area contributed by atoms with Gasteiger partial charge in [0.15, 0.2) is 12.1 Å². The second kappa shape index (κ2) is 8.78. The summed E-state index contributed by atoms with van der Waals surface area (Å²) in [6, 6.07) is 20.3. The van der Waals surface area contributed by atoms with Crippen LogP contribution < -0.4 is 5.32 Å². The number of benzene rings is 2. The lowest BCUT2D eigenvalue weighted by atomic mass is 10.0. The largest absolute Gasteiger partial charge is 0.368 e. The molecule has 29 heavy (non-hydrogen) atoms. The van der Waals surface area contributed by atoms with Crippen LogP contribution in [0.2, 0.25) is 0 Å². The average Bonchev–Trinajstić information content (AvgIpc) is 3.20. The van der Waals surface area contributed by atoms with Crippen LogP contribution in [-0.2, 0) is 32.1 Å². The minimum Gasteiger partial charge on any atom is -0.368 e. The van der Waals surface area contributed by atoms with Gasteiger partial charge in [-0.3, -0.25) is 0 Å². The minimum atomic E-state index is -0.685. The predicted molar refractivity (Wildman–Crippen MR) is 111 cm³/mol. The van der Waals surface area contributed by atoms with E-state index in [9.17, 15) is 0 Å². The summed E-state index contributed by atoms with van der Waals surface area (Å²) < 4.78 is 24.7. The van der Waals surface area contributed by atoms with Gasteiger partial charge in [-0.05, 0) is 25.0 Å². The van der Waals surface area contributed by atoms with E-state index in [1.807, 2.05) is 56.3 Å². The van der Waals surface area contributed by atoms with E-state index < -0.39 is 12.1 Å². The van der Waals surface area contributed by atoms with E-state index >= 15 is 0 Å². The van der Waals surface area contributed by atoms with E-state index in [-0.39, 0.29) is 24.4 Å². The molecule has 5 atom stereocenters. The summed E-state index contributed by atoms with van der Waals surface area (Å²) in [5, 5.41) is 3.53. The molecule has 2 fully saturated rings. The third-order valence-electron chi connectivity index (χ3n) is 5.30. The number of fused-ring (bicyclic) bond motifs is 1. The molecule has 154 valence electrons. The first kappa shape index (κ1) is 20.3. The minimum absolute atomic E-state index is 0.100. The molecule has 0 aromatic heterocycles. The van der Waals surface area contributed by atoms with Gasteiger partial charge in [0.1, 0.15) is 18.3 Å². The Hall–Kier alpha value is -2.02.